The molecule has 0 saturated heterocycles. The number of nitrogens with one attached hydrogen (secondary N) is 1. The summed E-state index contributed by atoms with van der Waals surface area (Å²) < 4.78 is 26.5. The zero-order valence-electron chi connectivity index (χ0n) is 8.77. The molecule has 5 heteroatoms. The summed E-state index contributed by atoms with van der Waals surface area (Å²) in [4.78, 5) is 11.6. The second-order valence-corrected chi connectivity index (χ2v) is 4.24. The first kappa shape index (κ1) is 13.1. The lowest BCUT2D eigenvalue weighted by atomic mass is 10.1. The highest BCUT2D eigenvalue weighted by molar-refractivity contribution is 9.09. The molecule has 0 aliphatic carbocycles. The summed E-state index contributed by atoms with van der Waals surface area (Å²) in [5.41, 5.74) is -0.524. The Morgan fingerprint density at radius 1 is 1.44 bits per heavy atom. The summed E-state index contributed by atoms with van der Waals surface area (Å²) in [7, 11) is 0. The van der Waals surface area contributed by atoms with E-state index in [1.165, 1.54) is 6.07 Å². The van der Waals surface area contributed by atoms with E-state index in [-0.39, 0.29) is 6.04 Å². The molecule has 1 N–H and O–H groups in total. The SMILES string of the molecule is CC(CCBr)NC(=O)c1c(F)cccc1F. The number of amides is 1. The Balaban J connectivity index is 2.80. The topological polar surface area (TPSA) is 29.1 Å². The van der Waals surface area contributed by atoms with Crippen molar-refractivity contribution in [3.8, 4) is 0 Å². The highest BCUT2D eigenvalue weighted by Crippen LogP contribution is 2.12. The number of carbonyl (C=O) groups excluding carboxylic acids is 1. The average Bonchev–Trinajstić information content (AvgIpc) is 2.17. The predicted molar refractivity (Wildman–Crippen MR) is 61.7 cm³/mol. The monoisotopic (exact) mass is 291 g/mol. The zero-order chi connectivity index (χ0) is 12.1. The first-order valence-corrected chi connectivity index (χ1v) is 5.99. The molecule has 1 aromatic rings. The van der Waals surface area contributed by atoms with Gasteiger partial charge in [0.15, 0.2) is 0 Å². The van der Waals surface area contributed by atoms with Crippen LogP contribution < -0.4 is 5.32 Å². The maximum atomic E-state index is 13.2. The normalized spacial score (nSPS) is 12.2. The standard InChI is InChI=1S/C11H12BrF2NO/c1-7(5-6-12)15-11(16)10-8(13)3-2-4-9(10)14/h2-4,7H,5-6H2,1H3,(H,15,16). The molecule has 1 unspecified atom stereocenters. The number of alkyl halides is 1. The van der Waals surface area contributed by atoms with E-state index < -0.39 is 23.1 Å². The van der Waals surface area contributed by atoms with E-state index in [0.29, 0.717) is 11.8 Å². The van der Waals surface area contributed by atoms with Crippen molar-refractivity contribution >= 4 is 21.8 Å². The molecule has 88 valence electrons. The van der Waals surface area contributed by atoms with Gasteiger partial charge in [-0.25, -0.2) is 8.78 Å². The van der Waals surface area contributed by atoms with Crippen molar-refractivity contribution in [2.24, 2.45) is 0 Å². The van der Waals surface area contributed by atoms with E-state index in [9.17, 15) is 13.6 Å². The van der Waals surface area contributed by atoms with E-state index in [1.807, 2.05) is 0 Å². The van der Waals surface area contributed by atoms with Gasteiger partial charge in [0.2, 0.25) is 0 Å². The molecule has 1 rings (SSSR count). The summed E-state index contributed by atoms with van der Waals surface area (Å²) >= 11 is 3.23. The number of carbonyl (C=O) groups is 1. The van der Waals surface area contributed by atoms with Gasteiger partial charge in [-0.15, -0.1) is 0 Å². The summed E-state index contributed by atoms with van der Waals surface area (Å²) in [5, 5.41) is 3.25. The third-order valence-corrected chi connectivity index (χ3v) is 2.57. The maximum Gasteiger partial charge on any atom is 0.257 e. The minimum Gasteiger partial charge on any atom is -0.349 e. The molecule has 0 bridgehead atoms. The molecule has 1 aromatic carbocycles. The van der Waals surface area contributed by atoms with Crippen molar-refractivity contribution in [1.82, 2.24) is 5.32 Å². The minimum atomic E-state index is -0.844. The summed E-state index contributed by atoms with van der Waals surface area (Å²) in [6.07, 6.45) is 0.696. The summed E-state index contributed by atoms with van der Waals surface area (Å²) in [6, 6.07) is 3.22. The highest BCUT2D eigenvalue weighted by atomic mass is 79.9. The van der Waals surface area contributed by atoms with Gasteiger partial charge in [0, 0.05) is 11.4 Å². The Morgan fingerprint density at radius 2 is 2.00 bits per heavy atom. The van der Waals surface area contributed by atoms with Crippen LogP contribution in [0.4, 0.5) is 8.78 Å². The van der Waals surface area contributed by atoms with Gasteiger partial charge in [0.05, 0.1) is 0 Å². The lowest BCUT2D eigenvalue weighted by Gasteiger charge is -2.12. The van der Waals surface area contributed by atoms with E-state index in [0.717, 1.165) is 12.1 Å². The van der Waals surface area contributed by atoms with E-state index in [4.69, 9.17) is 0 Å². The second kappa shape index (κ2) is 5.94. The van der Waals surface area contributed by atoms with Gasteiger partial charge < -0.3 is 5.32 Å². The van der Waals surface area contributed by atoms with E-state index in [2.05, 4.69) is 21.2 Å². The van der Waals surface area contributed by atoms with Crippen molar-refractivity contribution in [3.63, 3.8) is 0 Å². The fraction of sp³-hybridized carbons (Fsp3) is 0.364. The van der Waals surface area contributed by atoms with Crippen molar-refractivity contribution < 1.29 is 13.6 Å². The van der Waals surface area contributed by atoms with Crippen LogP contribution in [0.15, 0.2) is 18.2 Å². The lowest BCUT2D eigenvalue weighted by Crippen LogP contribution is -2.34. The molecule has 0 aliphatic rings. The van der Waals surface area contributed by atoms with Gasteiger partial charge in [-0.05, 0) is 25.5 Å². The van der Waals surface area contributed by atoms with Crippen molar-refractivity contribution in [1.29, 1.82) is 0 Å². The molecule has 0 aromatic heterocycles. The van der Waals surface area contributed by atoms with Gasteiger partial charge in [0.25, 0.3) is 5.91 Å². The van der Waals surface area contributed by atoms with Gasteiger partial charge in [-0.1, -0.05) is 22.0 Å². The van der Waals surface area contributed by atoms with E-state index >= 15 is 0 Å². The number of hydrogen-bond acceptors (Lipinski definition) is 1. The number of halogens is 3. The lowest BCUT2D eigenvalue weighted by molar-refractivity contribution is 0.0931. The van der Waals surface area contributed by atoms with Crippen molar-refractivity contribution in [3.05, 3.63) is 35.4 Å². The Bertz CT molecular complexity index is 364. The average molecular weight is 292 g/mol. The number of hydrogen-bond donors (Lipinski definition) is 1. The fourth-order valence-corrected chi connectivity index (χ4v) is 1.93. The number of rotatable bonds is 4. The molecule has 2 nitrogen and oxygen atoms in total. The smallest absolute Gasteiger partial charge is 0.257 e. The maximum absolute atomic E-state index is 13.2. The van der Waals surface area contributed by atoms with Crippen molar-refractivity contribution in [2.75, 3.05) is 5.33 Å². The molecule has 0 spiro atoms. The van der Waals surface area contributed by atoms with Crippen LogP contribution in [0.1, 0.15) is 23.7 Å². The third-order valence-electron chi connectivity index (χ3n) is 2.11. The molecule has 0 radical (unpaired) electrons. The van der Waals surface area contributed by atoms with Crippen LogP contribution in [0.3, 0.4) is 0 Å². The summed E-state index contributed by atoms with van der Waals surface area (Å²) in [5.74, 6) is -2.41. The molecule has 0 aliphatic heterocycles. The van der Waals surface area contributed by atoms with Crippen LogP contribution in [-0.2, 0) is 0 Å². The zero-order valence-corrected chi connectivity index (χ0v) is 10.4. The van der Waals surface area contributed by atoms with Gasteiger partial charge in [0.1, 0.15) is 17.2 Å². The highest BCUT2D eigenvalue weighted by Gasteiger charge is 2.18. The Labute approximate surface area is 101 Å². The molecule has 1 atom stereocenters. The Morgan fingerprint density at radius 3 is 2.50 bits per heavy atom. The van der Waals surface area contributed by atoms with Crippen LogP contribution in [0.25, 0.3) is 0 Å². The Kier molecular flexibility index (Phi) is 4.86. The van der Waals surface area contributed by atoms with Gasteiger partial charge >= 0.3 is 0 Å². The molecule has 0 fully saturated rings. The van der Waals surface area contributed by atoms with Crippen LogP contribution in [0.2, 0.25) is 0 Å². The van der Waals surface area contributed by atoms with E-state index in [1.54, 1.807) is 6.92 Å². The van der Waals surface area contributed by atoms with Gasteiger partial charge in [-0.2, -0.15) is 0 Å². The molecule has 0 heterocycles. The first-order chi connectivity index (χ1) is 7.56. The quantitative estimate of drug-likeness (QED) is 0.849. The van der Waals surface area contributed by atoms with Crippen LogP contribution in [0.5, 0.6) is 0 Å². The molecule has 16 heavy (non-hydrogen) atoms. The third kappa shape index (κ3) is 3.27. The molecule has 0 saturated carbocycles. The van der Waals surface area contributed by atoms with Crippen LogP contribution in [-0.4, -0.2) is 17.3 Å². The fourth-order valence-electron chi connectivity index (χ4n) is 1.25. The van der Waals surface area contributed by atoms with Crippen molar-refractivity contribution in [2.45, 2.75) is 19.4 Å². The van der Waals surface area contributed by atoms with Crippen LogP contribution >= 0.6 is 15.9 Å². The van der Waals surface area contributed by atoms with Gasteiger partial charge in [-0.3, -0.25) is 4.79 Å². The molecular weight excluding hydrogens is 280 g/mol. The predicted octanol–water partition coefficient (Wildman–Crippen LogP) is 2.87. The minimum absolute atomic E-state index is 0.133. The second-order valence-electron chi connectivity index (χ2n) is 3.45. The largest absolute Gasteiger partial charge is 0.349 e. The summed E-state index contributed by atoms with van der Waals surface area (Å²) in [6.45, 7) is 1.78. The first-order valence-electron chi connectivity index (χ1n) is 4.87. The molecule has 1 amide bonds. The Hall–Kier alpha value is -0.970. The number of benzene rings is 1. The molecular formula is C11H12BrF2NO. The van der Waals surface area contributed by atoms with Crippen LogP contribution in [0, 0.1) is 11.6 Å².